The summed E-state index contributed by atoms with van der Waals surface area (Å²) in [6.45, 7) is 4.26. The second-order valence-corrected chi connectivity index (χ2v) is 11.9. The second kappa shape index (κ2) is 12.8. The van der Waals surface area contributed by atoms with Gasteiger partial charge in [0.1, 0.15) is 0 Å². The zero-order valence-electron chi connectivity index (χ0n) is 18.5. The van der Waals surface area contributed by atoms with Crippen LogP contribution in [-0.4, -0.2) is 51.1 Å². The fourth-order valence-electron chi connectivity index (χ4n) is 3.50. The minimum absolute atomic E-state index is 0.0297. The molecule has 0 aromatic heterocycles. The SMILES string of the molecule is CCOP(=O)(OCC)C(CC(O)CN(Cc1ccccc1)Cc1ccccc1)P(=O)(O)O. The van der Waals surface area contributed by atoms with Crippen LogP contribution in [0.15, 0.2) is 60.7 Å². The maximum Gasteiger partial charge on any atom is 0.345 e. The molecule has 0 amide bonds. The maximum atomic E-state index is 13.1. The fraction of sp³-hybridized carbons (Fsp3) is 0.455. The van der Waals surface area contributed by atoms with Gasteiger partial charge in [-0.1, -0.05) is 60.7 Å². The Morgan fingerprint density at radius 3 is 1.66 bits per heavy atom. The highest BCUT2D eigenvalue weighted by Gasteiger charge is 2.48. The first-order chi connectivity index (χ1) is 15.2. The molecule has 178 valence electrons. The molecule has 8 nitrogen and oxygen atoms in total. The summed E-state index contributed by atoms with van der Waals surface area (Å²) in [5.41, 5.74) is 2.08. The number of benzene rings is 2. The second-order valence-electron chi connectivity index (χ2n) is 7.48. The molecule has 0 saturated carbocycles. The first kappa shape index (κ1) is 26.9. The van der Waals surface area contributed by atoms with Gasteiger partial charge in [0.15, 0.2) is 5.40 Å². The molecule has 0 radical (unpaired) electrons. The average Bonchev–Trinajstić information content (AvgIpc) is 2.73. The molecular formula is C22H33NO7P2. The predicted octanol–water partition coefficient (Wildman–Crippen LogP) is 4.21. The molecule has 0 spiro atoms. The van der Waals surface area contributed by atoms with Crippen LogP contribution in [0.1, 0.15) is 31.4 Å². The fourth-order valence-corrected chi connectivity index (χ4v) is 7.54. The first-order valence-electron chi connectivity index (χ1n) is 10.6. The van der Waals surface area contributed by atoms with Gasteiger partial charge in [-0.2, -0.15) is 0 Å². The van der Waals surface area contributed by atoms with E-state index in [4.69, 9.17) is 9.05 Å². The minimum atomic E-state index is -4.88. The average molecular weight is 485 g/mol. The molecule has 2 atom stereocenters. The zero-order valence-corrected chi connectivity index (χ0v) is 20.3. The maximum absolute atomic E-state index is 13.1. The van der Waals surface area contributed by atoms with E-state index < -0.39 is 33.1 Å². The lowest BCUT2D eigenvalue weighted by Gasteiger charge is -2.30. The highest BCUT2D eigenvalue weighted by Crippen LogP contribution is 2.67. The molecule has 2 aromatic rings. The highest BCUT2D eigenvalue weighted by molar-refractivity contribution is 7.71. The molecule has 0 aliphatic rings. The molecule has 3 N–H and O–H groups in total. The summed E-state index contributed by atoms with van der Waals surface area (Å²) in [5, 5.41) is 9.06. The normalized spacial score (nSPS) is 14.4. The van der Waals surface area contributed by atoms with Crippen molar-refractivity contribution in [1.29, 1.82) is 0 Å². The van der Waals surface area contributed by atoms with E-state index in [9.17, 15) is 24.0 Å². The zero-order chi connectivity index (χ0) is 23.6. The van der Waals surface area contributed by atoms with Crippen molar-refractivity contribution in [3.05, 3.63) is 71.8 Å². The van der Waals surface area contributed by atoms with Crippen LogP contribution in [0.2, 0.25) is 0 Å². The van der Waals surface area contributed by atoms with Gasteiger partial charge in [0.25, 0.3) is 0 Å². The Bertz CT molecular complexity index is 840. The van der Waals surface area contributed by atoms with Crippen molar-refractivity contribution in [3.8, 4) is 0 Å². The molecule has 0 aliphatic carbocycles. The van der Waals surface area contributed by atoms with Crippen LogP contribution in [0.25, 0.3) is 0 Å². The Morgan fingerprint density at radius 1 is 0.844 bits per heavy atom. The molecule has 0 saturated heterocycles. The van der Waals surface area contributed by atoms with Crippen LogP contribution in [0, 0.1) is 0 Å². The lowest BCUT2D eigenvalue weighted by Crippen LogP contribution is -2.34. The van der Waals surface area contributed by atoms with Gasteiger partial charge >= 0.3 is 15.2 Å². The van der Waals surface area contributed by atoms with E-state index in [2.05, 4.69) is 0 Å². The first-order valence-corrected chi connectivity index (χ1v) is 13.9. The van der Waals surface area contributed by atoms with Crippen LogP contribution in [-0.2, 0) is 31.3 Å². The van der Waals surface area contributed by atoms with Gasteiger partial charge in [-0.25, -0.2) is 0 Å². The number of rotatable bonds is 14. The predicted molar refractivity (Wildman–Crippen MR) is 124 cm³/mol. The van der Waals surface area contributed by atoms with Gasteiger partial charge in [-0.05, 0) is 25.0 Å². The topological polar surface area (TPSA) is 117 Å². The standard InChI is InChI=1S/C22H33NO7P2/c1-3-29-32(28,30-4-2)22(31(25,26)27)15-21(24)18-23(16-19-11-7-5-8-12-19)17-20-13-9-6-10-14-20/h5-14,21-22,24H,3-4,15-18H2,1-2H3,(H2,25,26,27). The number of hydrogen-bond donors (Lipinski definition) is 3. The Hall–Kier alpha value is -1.34. The third-order valence-electron chi connectivity index (χ3n) is 4.82. The van der Waals surface area contributed by atoms with Crippen LogP contribution in [0.3, 0.4) is 0 Å². The number of aliphatic hydroxyl groups is 1. The van der Waals surface area contributed by atoms with Crippen LogP contribution in [0.5, 0.6) is 0 Å². The van der Waals surface area contributed by atoms with Crippen molar-refractivity contribution < 1.29 is 33.1 Å². The smallest absolute Gasteiger partial charge is 0.345 e. The van der Waals surface area contributed by atoms with Gasteiger partial charge in [-0.3, -0.25) is 14.0 Å². The lowest BCUT2D eigenvalue weighted by atomic mass is 10.1. The number of nitrogens with zero attached hydrogens (tertiary/aromatic N) is 1. The summed E-state index contributed by atoms with van der Waals surface area (Å²) < 4.78 is 35.6. The summed E-state index contributed by atoms with van der Waals surface area (Å²) in [6, 6.07) is 19.4. The summed E-state index contributed by atoms with van der Waals surface area (Å²) in [5.74, 6) is 0. The monoisotopic (exact) mass is 485 g/mol. The van der Waals surface area contributed by atoms with Gasteiger partial charge in [0, 0.05) is 26.1 Å². The van der Waals surface area contributed by atoms with Crippen molar-refractivity contribution in [3.63, 3.8) is 0 Å². The van der Waals surface area contributed by atoms with Gasteiger partial charge < -0.3 is 23.9 Å². The van der Waals surface area contributed by atoms with Crippen LogP contribution in [0.4, 0.5) is 0 Å². The summed E-state index contributed by atoms with van der Waals surface area (Å²) >= 11 is 0. The van der Waals surface area contributed by atoms with E-state index in [1.165, 1.54) is 0 Å². The summed E-state index contributed by atoms with van der Waals surface area (Å²) in [7, 11) is -9.00. The van der Waals surface area contributed by atoms with E-state index in [0.717, 1.165) is 11.1 Å². The third kappa shape index (κ3) is 8.54. The van der Waals surface area contributed by atoms with Crippen molar-refractivity contribution in [2.45, 2.75) is 44.9 Å². The Labute approximate surface area is 189 Å². The van der Waals surface area contributed by atoms with Crippen LogP contribution >= 0.6 is 15.2 Å². The van der Waals surface area contributed by atoms with Crippen LogP contribution < -0.4 is 0 Å². The van der Waals surface area contributed by atoms with Gasteiger partial charge in [-0.15, -0.1) is 0 Å². The van der Waals surface area contributed by atoms with Crippen molar-refractivity contribution in [2.75, 3.05) is 19.8 Å². The van der Waals surface area contributed by atoms with E-state index in [1.54, 1.807) is 13.8 Å². The molecule has 0 fully saturated rings. The molecule has 0 aliphatic heterocycles. The molecule has 32 heavy (non-hydrogen) atoms. The Morgan fingerprint density at radius 2 is 1.28 bits per heavy atom. The van der Waals surface area contributed by atoms with Crippen molar-refractivity contribution in [1.82, 2.24) is 4.90 Å². The minimum Gasteiger partial charge on any atom is -0.392 e. The summed E-state index contributed by atoms with van der Waals surface area (Å²) in [4.78, 5) is 21.7. The van der Waals surface area contributed by atoms with Crippen molar-refractivity contribution in [2.24, 2.45) is 0 Å². The van der Waals surface area contributed by atoms with Gasteiger partial charge in [0.05, 0.1) is 19.3 Å². The largest absolute Gasteiger partial charge is 0.392 e. The quantitative estimate of drug-likeness (QED) is 0.341. The Kier molecular flexibility index (Phi) is 10.7. The van der Waals surface area contributed by atoms with E-state index in [1.807, 2.05) is 65.6 Å². The summed E-state index contributed by atoms with van der Waals surface area (Å²) in [6.07, 6.45) is -1.57. The van der Waals surface area contributed by atoms with E-state index >= 15 is 0 Å². The highest BCUT2D eigenvalue weighted by atomic mass is 31.2. The molecule has 0 heterocycles. The van der Waals surface area contributed by atoms with E-state index in [-0.39, 0.29) is 19.8 Å². The molecule has 2 aromatic carbocycles. The molecule has 2 unspecified atom stereocenters. The molecular weight excluding hydrogens is 452 g/mol. The molecule has 0 bridgehead atoms. The number of aliphatic hydroxyl groups excluding tert-OH is 1. The lowest BCUT2D eigenvalue weighted by molar-refractivity contribution is 0.0954. The Balaban J connectivity index is 2.20. The van der Waals surface area contributed by atoms with Crippen molar-refractivity contribution >= 4 is 15.2 Å². The molecule has 2 rings (SSSR count). The van der Waals surface area contributed by atoms with E-state index in [0.29, 0.717) is 13.1 Å². The molecule has 10 heteroatoms. The third-order valence-corrected chi connectivity index (χ3v) is 9.74. The van der Waals surface area contributed by atoms with Gasteiger partial charge in [0.2, 0.25) is 0 Å². The number of hydrogen-bond acceptors (Lipinski definition) is 6.